The molecule has 0 aliphatic heterocycles. The SMILES string of the molecule is CCOC(=O)C(=C=N)C=C(/C=C(/C#N)C(=O)OCC)/C=C(\C#N)C(=O)OCC. The van der Waals surface area contributed by atoms with Gasteiger partial charge in [-0.1, -0.05) is 0 Å². The second-order valence-corrected chi connectivity index (χ2v) is 4.68. The summed E-state index contributed by atoms with van der Waals surface area (Å²) in [5.74, 6) is -0.890. The summed E-state index contributed by atoms with van der Waals surface area (Å²) in [7, 11) is 0. The number of nitrogens with zero attached hydrogens (tertiary/aromatic N) is 2. The topological polar surface area (TPSA) is 150 Å². The maximum atomic E-state index is 11.9. The van der Waals surface area contributed by atoms with Crippen molar-refractivity contribution >= 4 is 23.8 Å². The molecular formula is C19H19N3O6. The van der Waals surface area contributed by atoms with Gasteiger partial charge in [0.1, 0.15) is 28.9 Å². The zero-order valence-corrected chi connectivity index (χ0v) is 15.7. The number of nitrogens with one attached hydrogen (secondary N) is 1. The van der Waals surface area contributed by atoms with Crippen molar-refractivity contribution in [2.24, 2.45) is 0 Å². The van der Waals surface area contributed by atoms with E-state index in [2.05, 4.69) is 0 Å². The van der Waals surface area contributed by atoms with Crippen molar-refractivity contribution in [1.82, 2.24) is 0 Å². The summed E-state index contributed by atoms with van der Waals surface area (Å²) in [5, 5.41) is 25.6. The molecule has 0 aliphatic rings. The zero-order valence-electron chi connectivity index (χ0n) is 15.7. The number of rotatable bonds is 9. The molecule has 0 saturated carbocycles. The Morgan fingerprint density at radius 2 is 1.18 bits per heavy atom. The van der Waals surface area contributed by atoms with Crippen LogP contribution in [0.25, 0.3) is 0 Å². The van der Waals surface area contributed by atoms with Crippen molar-refractivity contribution < 1.29 is 28.6 Å². The fraction of sp³-hybridized carbons (Fsp3) is 0.316. The normalized spacial score (nSPS) is 11.4. The number of nitriles is 2. The molecule has 0 amide bonds. The lowest BCUT2D eigenvalue weighted by molar-refractivity contribution is -0.138. The summed E-state index contributed by atoms with van der Waals surface area (Å²) in [6.45, 7) is 4.74. The third-order valence-electron chi connectivity index (χ3n) is 2.79. The maximum absolute atomic E-state index is 11.9. The minimum Gasteiger partial charge on any atom is -0.462 e. The second kappa shape index (κ2) is 13.3. The fourth-order valence-electron chi connectivity index (χ4n) is 1.67. The minimum atomic E-state index is -0.935. The minimum absolute atomic E-state index is 0.0213. The van der Waals surface area contributed by atoms with E-state index < -0.39 is 29.1 Å². The lowest BCUT2D eigenvalue weighted by atomic mass is 10.1. The Labute approximate surface area is 162 Å². The van der Waals surface area contributed by atoms with E-state index in [1.165, 1.54) is 0 Å². The summed E-state index contributed by atoms with van der Waals surface area (Å²) in [6, 6.07) is 3.27. The van der Waals surface area contributed by atoms with E-state index in [1.54, 1.807) is 32.9 Å². The molecule has 146 valence electrons. The molecule has 0 aromatic rings. The summed E-state index contributed by atoms with van der Waals surface area (Å²) < 4.78 is 14.3. The second-order valence-electron chi connectivity index (χ2n) is 4.68. The van der Waals surface area contributed by atoms with Crippen molar-refractivity contribution in [3.8, 4) is 12.1 Å². The molecule has 28 heavy (non-hydrogen) atoms. The molecule has 0 aliphatic carbocycles. The molecule has 0 heterocycles. The predicted molar refractivity (Wildman–Crippen MR) is 96.6 cm³/mol. The number of allylic oxidation sites excluding steroid dienone is 3. The van der Waals surface area contributed by atoms with Crippen LogP contribution in [0.5, 0.6) is 0 Å². The highest BCUT2D eigenvalue weighted by molar-refractivity contribution is 6.01. The van der Waals surface area contributed by atoms with E-state index >= 15 is 0 Å². The molecule has 0 atom stereocenters. The largest absolute Gasteiger partial charge is 0.462 e. The number of hydrogen-bond donors (Lipinski definition) is 1. The van der Waals surface area contributed by atoms with Gasteiger partial charge in [-0.05, 0) is 50.4 Å². The number of ether oxygens (including phenoxy) is 3. The summed E-state index contributed by atoms with van der Waals surface area (Å²) in [6.07, 6.45) is 3.05. The molecular weight excluding hydrogens is 366 g/mol. The standard InChI is InChI=1S/C19H19N3O6/c1-4-26-17(23)14(10-20)7-13(8-15(11-21)18(24)27-5-2)9-16(12-22)19(25)28-6-3/h7-9,20H,4-6H2,1-3H3/b13-7?,15-8-,16-9+. The van der Waals surface area contributed by atoms with Crippen LogP contribution in [0, 0.1) is 28.1 Å². The molecule has 0 bridgehead atoms. The molecule has 9 nitrogen and oxygen atoms in total. The van der Waals surface area contributed by atoms with Gasteiger partial charge in [0.2, 0.25) is 0 Å². The van der Waals surface area contributed by atoms with Crippen molar-refractivity contribution in [2.75, 3.05) is 19.8 Å². The van der Waals surface area contributed by atoms with E-state index in [0.29, 0.717) is 0 Å². The third kappa shape index (κ3) is 7.96. The molecule has 0 aromatic heterocycles. The number of carbonyl (C=O) groups excluding carboxylic acids is 3. The quantitative estimate of drug-likeness (QED) is 0.157. The van der Waals surface area contributed by atoms with Crippen LogP contribution < -0.4 is 0 Å². The Morgan fingerprint density at radius 3 is 1.50 bits per heavy atom. The fourth-order valence-corrected chi connectivity index (χ4v) is 1.67. The summed E-state index contributed by atoms with van der Waals surface area (Å²) >= 11 is 0. The molecule has 0 unspecified atom stereocenters. The van der Waals surface area contributed by atoms with Gasteiger partial charge in [0, 0.05) is 0 Å². The highest BCUT2D eigenvalue weighted by atomic mass is 16.5. The number of esters is 3. The van der Waals surface area contributed by atoms with Crippen LogP contribution in [-0.4, -0.2) is 43.6 Å². The Balaban J connectivity index is 6.43. The first-order valence-corrected chi connectivity index (χ1v) is 8.14. The average Bonchev–Trinajstić information content (AvgIpc) is 2.67. The maximum Gasteiger partial charge on any atom is 0.348 e. The molecule has 0 aromatic carbocycles. The third-order valence-corrected chi connectivity index (χ3v) is 2.79. The molecule has 0 spiro atoms. The van der Waals surface area contributed by atoms with Gasteiger partial charge >= 0.3 is 17.9 Å². The first kappa shape index (κ1) is 24.1. The molecule has 1 N–H and O–H groups in total. The first-order chi connectivity index (χ1) is 13.4. The van der Waals surface area contributed by atoms with Crippen LogP contribution in [0.15, 0.2) is 40.5 Å². The highest BCUT2D eigenvalue weighted by Crippen LogP contribution is 2.13. The van der Waals surface area contributed by atoms with Crippen molar-refractivity contribution in [1.29, 1.82) is 15.9 Å². The number of hydrogen-bond acceptors (Lipinski definition) is 9. The van der Waals surface area contributed by atoms with Gasteiger partial charge in [-0.2, -0.15) is 10.5 Å². The van der Waals surface area contributed by atoms with Crippen LogP contribution in [0.1, 0.15) is 20.8 Å². The molecule has 0 fully saturated rings. The lowest BCUT2D eigenvalue weighted by Crippen LogP contribution is -2.09. The zero-order chi connectivity index (χ0) is 21.5. The highest BCUT2D eigenvalue weighted by Gasteiger charge is 2.15. The van der Waals surface area contributed by atoms with Crippen LogP contribution in [0.3, 0.4) is 0 Å². The first-order valence-electron chi connectivity index (χ1n) is 8.14. The monoisotopic (exact) mass is 385 g/mol. The Hall–Kier alpha value is -3.94. The Kier molecular flexibility index (Phi) is 11.4. The van der Waals surface area contributed by atoms with E-state index in [1.807, 2.05) is 5.87 Å². The van der Waals surface area contributed by atoms with Crippen molar-refractivity contribution in [3.63, 3.8) is 0 Å². The van der Waals surface area contributed by atoms with Gasteiger partial charge in [-0.25, -0.2) is 14.4 Å². The molecule has 0 rings (SSSR count). The van der Waals surface area contributed by atoms with Gasteiger partial charge in [-0.15, -0.1) is 0 Å². The lowest BCUT2D eigenvalue weighted by Gasteiger charge is -2.04. The average molecular weight is 385 g/mol. The van der Waals surface area contributed by atoms with Gasteiger partial charge in [-0.3, -0.25) is 5.41 Å². The number of carbonyl (C=O) groups is 3. The Morgan fingerprint density at radius 1 is 0.786 bits per heavy atom. The van der Waals surface area contributed by atoms with E-state index in [0.717, 1.165) is 18.2 Å². The smallest absolute Gasteiger partial charge is 0.348 e. The van der Waals surface area contributed by atoms with Crippen LogP contribution in [-0.2, 0) is 28.6 Å². The Bertz CT molecular complexity index is 798. The molecule has 0 radical (unpaired) electrons. The van der Waals surface area contributed by atoms with E-state index in [9.17, 15) is 14.4 Å². The van der Waals surface area contributed by atoms with Crippen molar-refractivity contribution in [2.45, 2.75) is 20.8 Å². The summed E-state index contributed by atoms with van der Waals surface area (Å²) in [5.41, 5.74) is -1.33. The summed E-state index contributed by atoms with van der Waals surface area (Å²) in [4.78, 5) is 35.5. The van der Waals surface area contributed by atoms with Crippen LogP contribution in [0.4, 0.5) is 0 Å². The van der Waals surface area contributed by atoms with Gasteiger partial charge in [0.25, 0.3) is 0 Å². The van der Waals surface area contributed by atoms with Gasteiger partial charge < -0.3 is 14.2 Å². The van der Waals surface area contributed by atoms with Crippen LogP contribution in [0.2, 0.25) is 0 Å². The molecule has 0 saturated heterocycles. The van der Waals surface area contributed by atoms with Crippen LogP contribution >= 0.6 is 0 Å². The van der Waals surface area contributed by atoms with E-state index in [-0.39, 0.29) is 31.0 Å². The van der Waals surface area contributed by atoms with E-state index in [4.69, 9.17) is 30.1 Å². The van der Waals surface area contributed by atoms with Crippen molar-refractivity contribution in [3.05, 3.63) is 40.5 Å². The van der Waals surface area contributed by atoms with Gasteiger partial charge in [0.15, 0.2) is 0 Å². The van der Waals surface area contributed by atoms with Gasteiger partial charge in [0.05, 0.1) is 19.8 Å². The predicted octanol–water partition coefficient (Wildman–Crippen LogP) is 1.68. The molecule has 9 heteroatoms.